The molecule has 7 heteroatoms. The molecule has 7 nitrogen and oxygen atoms in total. The van der Waals surface area contributed by atoms with Gasteiger partial charge in [-0.2, -0.15) is 5.10 Å². The van der Waals surface area contributed by atoms with Crippen LogP contribution in [0.25, 0.3) is 33.5 Å². The molecule has 1 amide bonds. The van der Waals surface area contributed by atoms with Crippen LogP contribution in [0.4, 0.5) is 0 Å². The molecule has 0 aliphatic rings. The van der Waals surface area contributed by atoms with Gasteiger partial charge in [0.1, 0.15) is 11.5 Å². The largest absolute Gasteiger partial charge is 0.497 e. The zero-order chi connectivity index (χ0) is 24.2. The van der Waals surface area contributed by atoms with E-state index in [4.69, 9.17) is 14.5 Å². The van der Waals surface area contributed by atoms with E-state index in [0.717, 1.165) is 28.1 Å². The Morgan fingerprint density at radius 1 is 0.914 bits per heavy atom. The highest BCUT2D eigenvalue weighted by molar-refractivity contribution is 6.11. The number of hydrogen-bond acceptors (Lipinski definition) is 5. The third kappa shape index (κ3) is 4.44. The highest BCUT2D eigenvalue weighted by atomic mass is 16.5. The van der Waals surface area contributed by atoms with Crippen LogP contribution in [0.2, 0.25) is 0 Å². The lowest BCUT2D eigenvalue weighted by Gasteiger charge is -2.12. The van der Waals surface area contributed by atoms with Crippen LogP contribution in [-0.4, -0.2) is 35.3 Å². The van der Waals surface area contributed by atoms with Crippen molar-refractivity contribution in [1.82, 2.24) is 20.5 Å². The minimum Gasteiger partial charge on any atom is -0.497 e. The quantitative estimate of drug-likeness (QED) is 0.344. The molecule has 0 aliphatic heterocycles. The lowest BCUT2D eigenvalue weighted by atomic mass is 10.0. The number of aromatic amines is 1. The number of para-hydroxylation sites is 1. The molecule has 0 fully saturated rings. The second-order valence-corrected chi connectivity index (χ2v) is 7.95. The van der Waals surface area contributed by atoms with E-state index in [0.29, 0.717) is 34.6 Å². The van der Waals surface area contributed by atoms with Gasteiger partial charge in [-0.15, -0.1) is 0 Å². The van der Waals surface area contributed by atoms with E-state index < -0.39 is 0 Å². The molecule has 0 spiro atoms. The van der Waals surface area contributed by atoms with Crippen molar-refractivity contribution in [3.63, 3.8) is 0 Å². The van der Waals surface area contributed by atoms with Crippen LogP contribution in [0, 0.1) is 0 Å². The Morgan fingerprint density at radius 2 is 1.66 bits per heavy atom. The number of methoxy groups -OCH3 is 2. The molecule has 0 saturated carbocycles. The zero-order valence-electron chi connectivity index (χ0n) is 19.4. The first-order valence-electron chi connectivity index (χ1n) is 11.2. The van der Waals surface area contributed by atoms with Crippen molar-refractivity contribution in [2.75, 3.05) is 14.2 Å². The molecule has 3 aromatic carbocycles. The molecule has 0 saturated heterocycles. The van der Waals surface area contributed by atoms with E-state index >= 15 is 0 Å². The van der Waals surface area contributed by atoms with Gasteiger partial charge in [-0.1, -0.05) is 54.6 Å². The predicted molar refractivity (Wildman–Crippen MR) is 135 cm³/mol. The number of nitrogens with one attached hydrogen (secondary N) is 2. The van der Waals surface area contributed by atoms with Crippen molar-refractivity contribution in [2.24, 2.45) is 0 Å². The highest BCUT2D eigenvalue weighted by Gasteiger charge is 2.21. The van der Waals surface area contributed by atoms with E-state index in [1.54, 1.807) is 20.3 Å². The molecule has 0 atom stereocenters. The van der Waals surface area contributed by atoms with Crippen LogP contribution in [0.3, 0.4) is 0 Å². The summed E-state index contributed by atoms with van der Waals surface area (Å²) in [5, 5.41) is 11.2. The summed E-state index contributed by atoms with van der Waals surface area (Å²) in [5.74, 6) is 1.22. The Kier molecular flexibility index (Phi) is 6.13. The number of amides is 1. The number of benzene rings is 3. The molecule has 0 bridgehead atoms. The number of hydrogen-bond donors (Lipinski definition) is 2. The van der Waals surface area contributed by atoms with Gasteiger partial charge in [0.15, 0.2) is 5.65 Å². The number of pyridine rings is 1. The molecule has 0 radical (unpaired) electrons. The van der Waals surface area contributed by atoms with Gasteiger partial charge in [-0.05, 0) is 35.9 Å². The summed E-state index contributed by atoms with van der Waals surface area (Å²) >= 11 is 0. The third-order valence-corrected chi connectivity index (χ3v) is 5.83. The topological polar surface area (TPSA) is 89.1 Å². The van der Waals surface area contributed by atoms with Crippen molar-refractivity contribution in [3.8, 4) is 34.0 Å². The number of ether oxygens (including phenoxy) is 2. The number of aromatic nitrogens is 3. The SMILES string of the molecule is COc1ccc(CNC(=O)c2cc(-c3ccccc3OC)nc3n[nH]c(-c4ccccc4)c23)cc1. The Bertz CT molecular complexity index is 1480. The van der Waals surface area contributed by atoms with E-state index in [2.05, 4.69) is 15.5 Å². The molecule has 174 valence electrons. The van der Waals surface area contributed by atoms with E-state index in [9.17, 15) is 4.79 Å². The molecule has 0 unspecified atom stereocenters. The lowest BCUT2D eigenvalue weighted by Crippen LogP contribution is -2.23. The number of fused-ring (bicyclic) bond motifs is 1. The molecular weight excluding hydrogens is 440 g/mol. The normalized spacial score (nSPS) is 10.8. The summed E-state index contributed by atoms with van der Waals surface area (Å²) in [5.41, 5.74) is 4.96. The number of carbonyl (C=O) groups excluding carboxylic acids is 1. The number of H-pyrrole nitrogens is 1. The molecule has 2 N–H and O–H groups in total. The van der Waals surface area contributed by atoms with Crippen LogP contribution in [0.5, 0.6) is 11.5 Å². The maximum Gasteiger partial charge on any atom is 0.252 e. The maximum atomic E-state index is 13.5. The van der Waals surface area contributed by atoms with Gasteiger partial charge < -0.3 is 14.8 Å². The molecule has 2 heterocycles. The van der Waals surface area contributed by atoms with E-state index in [1.165, 1.54) is 0 Å². The van der Waals surface area contributed by atoms with Crippen molar-refractivity contribution >= 4 is 16.9 Å². The van der Waals surface area contributed by atoms with Crippen molar-refractivity contribution in [1.29, 1.82) is 0 Å². The van der Waals surface area contributed by atoms with Gasteiger partial charge >= 0.3 is 0 Å². The first kappa shape index (κ1) is 22.2. The molecular formula is C28H24N4O3. The molecule has 5 aromatic rings. The first-order chi connectivity index (χ1) is 17.2. The Balaban J connectivity index is 1.59. The summed E-state index contributed by atoms with van der Waals surface area (Å²) in [6, 6.07) is 26.8. The third-order valence-electron chi connectivity index (χ3n) is 5.83. The average Bonchev–Trinajstić information content (AvgIpc) is 3.36. The van der Waals surface area contributed by atoms with Crippen molar-refractivity contribution < 1.29 is 14.3 Å². The molecule has 35 heavy (non-hydrogen) atoms. The minimum atomic E-state index is -0.219. The predicted octanol–water partition coefficient (Wildman–Crippen LogP) is 5.24. The number of nitrogens with zero attached hydrogens (tertiary/aromatic N) is 2. The van der Waals surface area contributed by atoms with Crippen molar-refractivity contribution in [2.45, 2.75) is 6.54 Å². The summed E-state index contributed by atoms with van der Waals surface area (Å²) in [4.78, 5) is 18.3. The van der Waals surface area contributed by atoms with Gasteiger partial charge in [0.05, 0.1) is 36.6 Å². The van der Waals surface area contributed by atoms with Gasteiger partial charge in [-0.25, -0.2) is 4.98 Å². The Labute approximate surface area is 202 Å². The van der Waals surface area contributed by atoms with Crippen LogP contribution >= 0.6 is 0 Å². The fourth-order valence-corrected chi connectivity index (χ4v) is 4.03. The van der Waals surface area contributed by atoms with Crippen LogP contribution in [0.15, 0.2) is 84.9 Å². The summed E-state index contributed by atoms with van der Waals surface area (Å²) in [6.07, 6.45) is 0. The summed E-state index contributed by atoms with van der Waals surface area (Å²) in [6.45, 7) is 0.370. The molecule has 2 aromatic heterocycles. The fraction of sp³-hybridized carbons (Fsp3) is 0.107. The number of carbonyl (C=O) groups is 1. The Hall–Kier alpha value is -4.65. The van der Waals surface area contributed by atoms with Gasteiger partial charge in [-0.3, -0.25) is 9.89 Å². The van der Waals surface area contributed by atoms with E-state index in [-0.39, 0.29) is 5.91 Å². The van der Waals surface area contributed by atoms with E-state index in [1.807, 2.05) is 78.9 Å². The number of rotatable bonds is 7. The molecule has 0 aliphatic carbocycles. The van der Waals surface area contributed by atoms with Crippen LogP contribution < -0.4 is 14.8 Å². The first-order valence-corrected chi connectivity index (χ1v) is 11.2. The van der Waals surface area contributed by atoms with Crippen LogP contribution in [0.1, 0.15) is 15.9 Å². The van der Waals surface area contributed by atoms with Crippen molar-refractivity contribution in [3.05, 3.63) is 96.1 Å². The minimum absolute atomic E-state index is 0.219. The second-order valence-electron chi connectivity index (χ2n) is 7.95. The molecule has 5 rings (SSSR count). The average molecular weight is 465 g/mol. The second kappa shape index (κ2) is 9.69. The smallest absolute Gasteiger partial charge is 0.252 e. The zero-order valence-corrected chi connectivity index (χ0v) is 19.4. The maximum absolute atomic E-state index is 13.5. The highest BCUT2D eigenvalue weighted by Crippen LogP contribution is 2.34. The summed E-state index contributed by atoms with van der Waals surface area (Å²) in [7, 11) is 3.24. The van der Waals surface area contributed by atoms with Crippen LogP contribution in [-0.2, 0) is 6.54 Å². The Morgan fingerprint density at radius 3 is 2.40 bits per heavy atom. The van der Waals surface area contributed by atoms with Gasteiger partial charge in [0.2, 0.25) is 0 Å². The fourth-order valence-electron chi connectivity index (χ4n) is 4.03. The summed E-state index contributed by atoms with van der Waals surface area (Å²) < 4.78 is 10.7. The lowest BCUT2D eigenvalue weighted by molar-refractivity contribution is 0.0952. The van der Waals surface area contributed by atoms with Gasteiger partial charge in [0, 0.05) is 17.7 Å². The monoisotopic (exact) mass is 464 g/mol. The standard InChI is InChI=1S/C28H24N4O3/c1-34-20-14-12-18(13-15-20)17-29-28(33)22-16-23(21-10-6-7-11-24(21)35-2)30-27-25(22)26(31-32-27)19-8-4-3-5-9-19/h3-16H,17H2,1-2H3,(H,29,33)(H,30,31,32). The van der Waals surface area contributed by atoms with Gasteiger partial charge in [0.25, 0.3) is 5.91 Å².